The van der Waals surface area contributed by atoms with E-state index in [2.05, 4.69) is 35.3 Å². The van der Waals surface area contributed by atoms with Gasteiger partial charge in [-0.1, -0.05) is 30.3 Å². The molecule has 0 aliphatic carbocycles. The van der Waals surface area contributed by atoms with Crippen molar-refractivity contribution in [2.45, 2.75) is 32.3 Å². The van der Waals surface area contributed by atoms with Crippen molar-refractivity contribution < 1.29 is 9.53 Å². The Labute approximate surface area is 147 Å². The molecular weight excluding hydrogens is 320 g/mol. The number of methoxy groups -OCH3 is 1. The minimum Gasteiger partial charge on any atom is -0.378 e. The van der Waals surface area contributed by atoms with Crippen molar-refractivity contribution in [2.24, 2.45) is 5.92 Å². The Bertz CT molecular complexity index is 648. The third-order valence-electron chi connectivity index (χ3n) is 4.53. The first-order valence-electron chi connectivity index (χ1n) is 8.48. The molecule has 0 atom stereocenters. The quantitative estimate of drug-likeness (QED) is 0.807. The average Bonchev–Trinajstić information content (AvgIpc) is 3.04. The fourth-order valence-corrected chi connectivity index (χ4v) is 3.98. The van der Waals surface area contributed by atoms with E-state index in [0.29, 0.717) is 18.9 Å². The molecule has 0 saturated carbocycles. The number of carbonyl (C=O) groups is 1. The normalized spacial score (nSPS) is 15.6. The lowest BCUT2D eigenvalue weighted by molar-refractivity contribution is -0.131. The molecule has 128 valence electrons. The van der Waals surface area contributed by atoms with Gasteiger partial charge in [0.15, 0.2) is 0 Å². The van der Waals surface area contributed by atoms with Crippen LogP contribution in [0.2, 0.25) is 0 Å². The van der Waals surface area contributed by atoms with Crippen LogP contribution in [0.25, 0.3) is 0 Å². The van der Waals surface area contributed by atoms with E-state index < -0.39 is 0 Å². The average molecular weight is 344 g/mol. The molecule has 1 aromatic carbocycles. The minimum atomic E-state index is 0.197. The molecule has 0 unspecified atom stereocenters. The van der Waals surface area contributed by atoms with Gasteiger partial charge in [-0.15, -0.1) is 11.3 Å². The Hall–Kier alpha value is -1.72. The van der Waals surface area contributed by atoms with Crippen LogP contribution in [0.3, 0.4) is 0 Å². The topological polar surface area (TPSA) is 42.4 Å². The van der Waals surface area contributed by atoms with Crippen LogP contribution >= 0.6 is 11.3 Å². The van der Waals surface area contributed by atoms with Gasteiger partial charge in [0.2, 0.25) is 5.91 Å². The first kappa shape index (κ1) is 17.1. The molecular formula is C19H24N2O2S. The number of hydrogen-bond donors (Lipinski definition) is 0. The number of rotatable bonds is 6. The van der Waals surface area contributed by atoms with Crippen molar-refractivity contribution in [3.05, 3.63) is 52.0 Å². The molecule has 0 bridgehead atoms. The Morgan fingerprint density at radius 2 is 2.04 bits per heavy atom. The van der Waals surface area contributed by atoms with Crippen molar-refractivity contribution in [1.29, 1.82) is 0 Å². The zero-order chi connectivity index (χ0) is 16.8. The standard InChI is InChI=1S/C19H24N2O2S/c1-23-13-18-20-17(14-24-18)12-19(22)21-9-7-16(8-10-21)11-15-5-3-2-4-6-15/h2-6,14,16H,7-13H2,1H3. The number of hydrogen-bond acceptors (Lipinski definition) is 4. The molecule has 5 heteroatoms. The fraction of sp³-hybridized carbons (Fsp3) is 0.474. The van der Waals surface area contributed by atoms with Crippen molar-refractivity contribution in [1.82, 2.24) is 9.88 Å². The van der Waals surface area contributed by atoms with Crippen molar-refractivity contribution >= 4 is 17.2 Å². The van der Waals surface area contributed by atoms with Gasteiger partial charge in [0.25, 0.3) is 0 Å². The SMILES string of the molecule is COCc1nc(CC(=O)N2CCC(Cc3ccccc3)CC2)cs1. The molecule has 1 saturated heterocycles. The van der Waals surface area contributed by atoms with E-state index in [-0.39, 0.29) is 5.91 Å². The Morgan fingerprint density at radius 1 is 1.29 bits per heavy atom. The number of benzene rings is 1. The summed E-state index contributed by atoms with van der Waals surface area (Å²) < 4.78 is 5.08. The van der Waals surface area contributed by atoms with Gasteiger partial charge in [0, 0.05) is 25.6 Å². The minimum absolute atomic E-state index is 0.197. The highest BCUT2D eigenvalue weighted by molar-refractivity contribution is 7.09. The predicted molar refractivity (Wildman–Crippen MR) is 96.0 cm³/mol. The highest BCUT2D eigenvalue weighted by Crippen LogP contribution is 2.22. The summed E-state index contributed by atoms with van der Waals surface area (Å²) in [5, 5.41) is 2.90. The Morgan fingerprint density at radius 3 is 2.75 bits per heavy atom. The lowest BCUT2D eigenvalue weighted by Crippen LogP contribution is -2.39. The molecule has 24 heavy (non-hydrogen) atoms. The maximum atomic E-state index is 12.5. The number of thiazole rings is 1. The zero-order valence-electron chi connectivity index (χ0n) is 14.1. The van der Waals surface area contributed by atoms with Gasteiger partial charge in [-0.05, 0) is 30.7 Å². The third kappa shape index (κ3) is 4.65. The molecule has 1 aliphatic rings. The van der Waals surface area contributed by atoms with E-state index >= 15 is 0 Å². The molecule has 1 aliphatic heterocycles. The number of likely N-dealkylation sites (tertiary alicyclic amines) is 1. The first-order chi connectivity index (χ1) is 11.7. The van der Waals surface area contributed by atoms with Gasteiger partial charge in [0.05, 0.1) is 18.7 Å². The second-order valence-corrected chi connectivity index (χ2v) is 7.30. The van der Waals surface area contributed by atoms with Crippen LogP contribution in [0, 0.1) is 5.92 Å². The molecule has 2 heterocycles. The Kier molecular flexibility index (Phi) is 5.99. The number of aromatic nitrogens is 1. The van der Waals surface area contributed by atoms with Gasteiger partial charge in [-0.2, -0.15) is 0 Å². The lowest BCUT2D eigenvalue weighted by atomic mass is 9.90. The van der Waals surface area contributed by atoms with Crippen LogP contribution in [-0.2, 0) is 29.0 Å². The number of amides is 1. The molecule has 3 rings (SSSR count). The van der Waals surface area contributed by atoms with E-state index in [0.717, 1.165) is 43.1 Å². The van der Waals surface area contributed by atoms with Crippen LogP contribution in [-0.4, -0.2) is 36.0 Å². The molecule has 1 aromatic heterocycles. The van der Waals surface area contributed by atoms with Gasteiger partial charge in [-0.3, -0.25) is 4.79 Å². The third-order valence-corrected chi connectivity index (χ3v) is 5.41. The zero-order valence-corrected chi connectivity index (χ0v) is 14.9. The van der Waals surface area contributed by atoms with Gasteiger partial charge in [0.1, 0.15) is 5.01 Å². The first-order valence-corrected chi connectivity index (χ1v) is 9.36. The predicted octanol–water partition coefficient (Wildman–Crippen LogP) is 3.31. The summed E-state index contributed by atoms with van der Waals surface area (Å²) in [5.41, 5.74) is 2.26. The summed E-state index contributed by atoms with van der Waals surface area (Å²) in [5.74, 6) is 0.881. The smallest absolute Gasteiger partial charge is 0.228 e. The van der Waals surface area contributed by atoms with E-state index in [1.807, 2.05) is 10.3 Å². The van der Waals surface area contributed by atoms with Crippen molar-refractivity contribution in [2.75, 3.05) is 20.2 Å². The van der Waals surface area contributed by atoms with Gasteiger partial charge in [-0.25, -0.2) is 4.98 Å². The van der Waals surface area contributed by atoms with E-state index in [9.17, 15) is 4.79 Å². The fourth-order valence-electron chi connectivity index (χ4n) is 3.22. The van der Waals surface area contributed by atoms with Crippen LogP contribution in [0.1, 0.15) is 29.1 Å². The molecule has 0 N–H and O–H groups in total. The summed E-state index contributed by atoms with van der Waals surface area (Å²) >= 11 is 1.56. The van der Waals surface area contributed by atoms with Crippen LogP contribution in [0.4, 0.5) is 0 Å². The van der Waals surface area contributed by atoms with Crippen molar-refractivity contribution in [3.63, 3.8) is 0 Å². The van der Waals surface area contributed by atoms with Crippen molar-refractivity contribution in [3.8, 4) is 0 Å². The second-order valence-electron chi connectivity index (χ2n) is 6.36. The summed E-state index contributed by atoms with van der Waals surface area (Å²) in [4.78, 5) is 18.9. The lowest BCUT2D eigenvalue weighted by Gasteiger charge is -2.32. The number of nitrogens with zero attached hydrogens (tertiary/aromatic N) is 2. The summed E-state index contributed by atoms with van der Waals surface area (Å²) in [6.07, 6.45) is 3.71. The summed E-state index contributed by atoms with van der Waals surface area (Å²) in [6, 6.07) is 10.6. The van der Waals surface area contributed by atoms with Crippen LogP contribution < -0.4 is 0 Å². The molecule has 1 amide bonds. The second kappa shape index (κ2) is 8.40. The number of carbonyl (C=O) groups excluding carboxylic acids is 1. The van der Waals surface area contributed by atoms with E-state index in [1.54, 1.807) is 18.4 Å². The molecule has 2 aromatic rings. The number of piperidine rings is 1. The maximum Gasteiger partial charge on any atom is 0.228 e. The van der Waals surface area contributed by atoms with E-state index in [4.69, 9.17) is 4.74 Å². The molecule has 1 fully saturated rings. The van der Waals surface area contributed by atoms with Crippen LogP contribution in [0.5, 0.6) is 0 Å². The van der Waals surface area contributed by atoms with Crippen LogP contribution in [0.15, 0.2) is 35.7 Å². The van der Waals surface area contributed by atoms with Gasteiger partial charge < -0.3 is 9.64 Å². The molecule has 4 nitrogen and oxygen atoms in total. The summed E-state index contributed by atoms with van der Waals surface area (Å²) in [7, 11) is 1.66. The Balaban J connectivity index is 1.46. The monoisotopic (exact) mass is 344 g/mol. The molecule has 0 radical (unpaired) electrons. The van der Waals surface area contributed by atoms with E-state index in [1.165, 1.54) is 5.56 Å². The maximum absolute atomic E-state index is 12.5. The largest absolute Gasteiger partial charge is 0.378 e. The van der Waals surface area contributed by atoms with Gasteiger partial charge >= 0.3 is 0 Å². The number of ether oxygens (including phenoxy) is 1. The highest BCUT2D eigenvalue weighted by atomic mass is 32.1. The highest BCUT2D eigenvalue weighted by Gasteiger charge is 2.23. The summed E-state index contributed by atoms with van der Waals surface area (Å²) in [6.45, 7) is 2.25. The molecule has 0 spiro atoms.